The first-order chi connectivity index (χ1) is 13.5. The Balaban J connectivity index is 1.74. The molecule has 0 amide bonds. The van der Waals surface area contributed by atoms with Crippen LogP contribution in [0.1, 0.15) is 26.3 Å². The summed E-state index contributed by atoms with van der Waals surface area (Å²) in [6.45, 7) is 0. The largest absolute Gasteiger partial charge is 0.496 e. The lowest BCUT2D eigenvalue weighted by Gasteiger charge is -2.10. The summed E-state index contributed by atoms with van der Waals surface area (Å²) in [4.78, 5) is 25.8. The highest BCUT2D eigenvalue weighted by Crippen LogP contribution is 2.26. The molecule has 28 heavy (non-hydrogen) atoms. The summed E-state index contributed by atoms with van der Waals surface area (Å²) in [7, 11) is 1.49. The highest BCUT2D eigenvalue weighted by molar-refractivity contribution is 7.98. The van der Waals surface area contributed by atoms with E-state index < -0.39 is 11.8 Å². The van der Waals surface area contributed by atoms with Gasteiger partial charge in [-0.15, -0.1) is 11.8 Å². The van der Waals surface area contributed by atoms with Gasteiger partial charge in [0.1, 0.15) is 22.9 Å². The first-order valence-electron chi connectivity index (χ1n) is 8.36. The topological polar surface area (TPSA) is 52.6 Å². The van der Waals surface area contributed by atoms with Crippen molar-refractivity contribution in [2.45, 2.75) is 4.90 Å². The number of benzene rings is 3. The summed E-state index contributed by atoms with van der Waals surface area (Å²) in [5.41, 5.74) is 1.10. The lowest BCUT2D eigenvalue weighted by atomic mass is 10.0. The molecule has 0 bridgehead atoms. The van der Waals surface area contributed by atoms with Gasteiger partial charge >= 0.3 is 5.97 Å². The molecule has 0 spiro atoms. The van der Waals surface area contributed by atoms with Crippen molar-refractivity contribution in [3.8, 4) is 11.5 Å². The highest BCUT2D eigenvalue weighted by atomic mass is 32.2. The fourth-order valence-electron chi connectivity index (χ4n) is 2.57. The van der Waals surface area contributed by atoms with Crippen LogP contribution in [0.5, 0.6) is 11.5 Å². The molecular weight excluding hydrogens is 379 g/mol. The van der Waals surface area contributed by atoms with Gasteiger partial charge in [0, 0.05) is 16.0 Å². The van der Waals surface area contributed by atoms with Gasteiger partial charge in [0.2, 0.25) is 0 Å². The number of hydrogen-bond acceptors (Lipinski definition) is 5. The Morgan fingerprint density at radius 3 is 2.07 bits per heavy atom. The molecule has 0 aliphatic rings. The number of ether oxygens (including phenoxy) is 2. The normalized spacial score (nSPS) is 10.4. The standard InChI is InChI=1S/C22H17FO4S/c1-26-20-13-18(28-2)11-12-19(20)22(25)27-17-9-5-15(6-10-17)21(24)14-3-7-16(23)8-4-14/h3-13H,1-2H3. The maximum atomic E-state index is 13.0. The van der Waals surface area contributed by atoms with Crippen LogP contribution in [0.15, 0.2) is 71.6 Å². The Kier molecular flexibility index (Phi) is 6.11. The maximum Gasteiger partial charge on any atom is 0.347 e. The van der Waals surface area contributed by atoms with E-state index in [1.54, 1.807) is 36.0 Å². The monoisotopic (exact) mass is 396 g/mol. The van der Waals surface area contributed by atoms with Gasteiger partial charge in [-0.25, -0.2) is 9.18 Å². The van der Waals surface area contributed by atoms with E-state index in [0.717, 1.165) is 4.90 Å². The van der Waals surface area contributed by atoms with Crippen molar-refractivity contribution >= 4 is 23.5 Å². The fraction of sp³-hybridized carbons (Fsp3) is 0.0909. The predicted molar refractivity (Wildman–Crippen MR) is 106 cm³/mol. The number of rotatable bonds is 6. The van der Waals surface area contributed by atoms with E-state index in [-0.39, 0.29) is 5.78 Å². The van der Waals surface area contributed by atoms with Gasteiger partial charge in [-0.1, -0.05) is 0 Å². The molecule has 3 aromatic carbocycles. The van der Waals surface area contributed by atoms with Gasteiger partial charge in [-0.3, -0.25) is 4.79 Å². The second-order valence-electron chi connectivity index (χ2n) is 5.82. The quantitative estimate of drug-likeness (QED) is 0.254. The Labute approximate surface area is 166 Å². The van der Waals surface area contributed by atoms with Crippen LogP contribution in [-0.2, 0) is 0 Å². The number of carbonyl (C=O) groups is 2. The van der Waals surface area contributed by atoms with Gasteiger partial charge in [0.05, 0.1) is 7.11 Å². The molecule has 0 aliphatic heterocycles. The molecular formula is C22H17FO4S. The van der Waals surface area contributed by atoms with E-state index in [1.165, 1.54) is 43.5 Å². The SMILES string of the molecule is COc1cc(SC)ccc1C(=O)Oc1ccc(C(=O)c2ccc(F)cc2)cc1. The van der Waals surface area contributed by atoms with Crippen molar-refractivity contribution in [3.05, 3.63) is 89.2 Å². The molecule has 0 aromatic heterocycles. The first-order valence-corrected chi connectivity index (χ1v) is 9.59. The number of hydrogen-bond donors (Lipinski definition) is 0. The van der Waals surface area contributed by atoms with Gasteiger partial charge in [-0.2, -0.15) is 0 Å². The van der Waals surface area contributed by atoms with Gasteiger partial charge in [0.25, 0.3) is 0 Å². The van der Waals surface area contributed by atoms with Crippen LogP contribution in [0.25, 0.3) is 0 Å². The summed E-state index contributed by atoms with van der Waals surface area (Å²) < 4.78 is 23.6. The van der Waals surface area contributed by atoms with Crippen molar-refractivity contribution in [2.75, 3.05) is 13.4 Å². The molecule has 0 radical (unpaired) electrons. The minimum Gasteiger partial charge on any atom is -0.496 e. The second-order valence-corrected chi connectivity index (χ2v) is 6.70. The van der Waals surface area contributed by atoms with Crippen molar-refractivity contribution in [3.63, 3.8) is 0 Å². The number of carbonyl (C=O) groups excluding carboxylic acids is 2. The minimum atomic E-state index is -0.554. The summed E-state index contributed by atoms with van der Waals surface area (Å²) in [5, 5.41) is 0. The zero-order valence-corrected chi connectivity index (χ0v) is 16.1. The molecule has 0 saturated carbocycles. The Bertz CT molecular complexity index is 998. The number of ketones is 1. The van der Waals surface area contributed by atoms with E-state index >= 15 is 0 Å². The van der Waals surface area contributed by atoms with Crippen LogP contribution in [0.2, 0.25) is 0 Å². The van der Waals surface area contributed by atoms with Crippen molar-refractivity contribution < 1.29 is 23.5 Å². The fourth-order valence-corrected chi connectivity index (χ4v) is 3.00. The second kappa shape index (κ2) is 8.71. The number of halogens is 1. The van der Waals surface area contributed by atoms with Crippen molar-refractivity contribution in [1.82, 2.24) is 0 Å². The Morgan fingerprint density at radius 1 is 0.893 bits per heavy atom. The van der Waals surface area contributed by atoms with Crippen LogP contribution < -0.4 is 9.47 Å². The number of thioether (sulfide) groups is 1. The van der Waals surface area contributed by atoms with E-state index in [0.29, 0.717) is 28.2 Å². The molecule has 3 rings (SSSR count). The van der Waals surface area contributed by atoms with Crippen LogP contribution >= 0.6 is 11.8 Å². The van der Waals surface area contributed by atoms with Gasteiger partial charge < -0.3 is 9.47 Å². The third kappa shape index (κ3) is 4.40. The molecule has 4 nitrogen and oxygen atoms in total. The lowest BCUT2D eigenvalue weighted by Crippen LogP contribution is -2.10. The molecule has 6 heteroatoms. The predicted octanol–water partition coefficient (Wildman–Crippen LogP) is 5.01. The van der Waals surface area contributed by atoms with Crippen LogP contribution in [-0.4, -0.2) is 25.1 Å². The summed E-state index contributed by atoms with van der Waals surface area (Å²) in [6, 6.07) is 16.8. The van der Waals surface area contributed by atoms with E-state index in [2.05, 4.69) is 0 Å². The molecule has 0 atom stereocenters. The lowest BCUT2D eigenvalue weighted by molar-refractivity contribution is 0.0731. The van der Waals surface area contributed by atoms with Gasteiger partial charge in [0.15, 0.2) is 5.78 Å². The third-order valence-corrected chi connectivity index (χ3v) is 4.79. The molecule has 3 aromatic rings. The zero-order valence-electron chi connectivity index (χ0n) is 15.3. The van der Waals surface area contributed by atoms with Crippen LogP contribution in [0, 0.1) is 5.82 Å². The van der Waals surface area contributed by atoms with E-state index in [1.807, 2.05) is 12.3 Å². The highest BCUT2D eigenvalue weighted by Gasteiger charge is 2.16. The average Bonchev–Trinajstić information content (AvgIpc) is 2.73. The smallest absolute Gasteiger partial charge is 0.347 e. The van der Waals surface area contributed by atoms with Gasteiger partial charge in [-0.05, 0) is 73.0 Å². The number of methoxy groups -OCH3 is 1. The molecule has 0 N–H and O–H groups in total. The molecule has 0 heterocycles. The third-order valence-electron chi connectivity index (χ3n) is 4.06. The van der Waals surface area contributed by atoms with Crippen molar-refractivity contribution in [1.29, 1.82) is 0 Å². The zero-order chi connectivity index (χ0) is 20.1. The van der Waals surface area contributed by atoms with Crippen LogP contribution in [0.4, 0.5) is 4.39 Å². The van der Waals surface area contributed by atoms with Crippen molar-refractivity contribution in [2.24, 2.45) is 0 Å². The maximum absolute atomic E-state index is 13.0. The average molecular weight is 396 g/mol. The summed E-state index contributed by atoms with van der Waals surface area (Å²) in [5.74, 6) is -0.467. The molecule has 142 valence electrons. The molecule has 0 unspecified atom stereocenters. The molecule has 0 saturated heterocycles. The Morgan fingerprint density at radius 2 is 1.50 bits per heavy atom. The van der Waals surface area contributed by atoms with E-state index in [4.69, 9.17) is 9.47 Å². The van der Waals surface area contributed by atoms with Crippen LogP contribution in [0.3, 0.4) is 0 Å². The summed E-state index contributed by atoms with van der Waals surface area (Å²) >= 11 is 1.54. The van der Waals surface area contributed by atoms with E-state index in [9.17, 15) is 14.0 Å². The molecule has 0 aliphatic carbocycles. The minimum absolute atomic E-state index is 0.243. The summed E-state index contributed by atoms with van der Waals surface area (Å²) in [6.07, 6.45) is 1.93. The molecule has 0 fully saturated rings. The number of esters is 1. The first kappa shape index (κ1) is 19.6. The Hall–Kier alpha value is -3.12.